The normalized spacial score (nSPS) is 11.5. The van der Waals surface area contributed by atoms with Crippen molar-refractivity contribution in [3.05, 3.63) is 59.7 Å². The number of rotatable bonds is 13. The van der Waals surface area contributed by atoms with E-state index in [1.807, 2.05) is 6.92 Å². The van der Waals surface area contributed by atoms with E-state index < -0.39 is 16.1 Å². The van der Waals surface area contributed by atoms with Crippen LogP contribution in [0.1, 0.15) is 55.5 Å². The van der Waals surface area contributed by atoms with Crippen molar-refractivity contribution in [2.24, 2.45) is 0 Å². The quantitative estimate of drug-likeness (QED) is 0.410. The first-order valence-corrected chi connectivity index (χ1v) is 12.3. The Bertz CT molecular complexity index is 900. The highest BCUT2D eigenvalue weighted by Gasteiger charge is 2.21. The summed E-state index contributed by atoms with van der Waals surface area (Å²) >= 11 is 0. The molecule has 2 aromatic rings. The van der Waals surface area contributed by atoms with Crippen molar-refractivity contribution >= 4 is 16.1 Å². The second kappa shape index (κ2) is 12.5. The standard InChI is InChI=1S/C24H33NO5S/c1-4-6-16-25(17-7-5-2)18-19-29-22-12-10-21(11-13-22)24(26)30-31(27,28)23-14-8-20(3)9-15-23/h8-15H,4-7,16-19H2,1-3H3. The van der Waals surface area contributed by atoms with E-state index in [-0.39, 0.29) is 10.5 Å². The van der Waals surface area contributed by atoms with Gasteiger partial charge in [-0.2, -0.15) is 8.42 Å². The first-order chi connectivity index (χ1) is 14.9. The van der Waals surface area contributed by atoms with Gasteiger partial charge in [-0.3, -0.25) is 4.90 Å². The highest BCUT2D eigenvalue weighted by atomic mass is 32.2. The van der Waals surface area contributed by atoms with Crippen LogP contribution in [0.2, 0.25) is 0 Å². The summed E-state index contributed by atoms with van der Waals surface area (Å²) in [5.74, 6) is -0.290. The summed E-state index contributed by atoms with van der Waals surface area (Å²) in [4.78, 5) is 14.6. The Morgan fingerprint density at radius 3 is 2.00 bits per heavy atom. The smallest absolute Gasteiger partial charge is 0.354 e. The van der Waals surface area contributed by atoms with Crippen LogP contribution in [0, 0.1) is 6.92 Å². The fourth-order valence-electron chi connectivity index (χ4n) is 2.98. The molecule has 0 unspecified atom stereocenters. The molecule has 0 aliphatic heterocycles. The summed E-state index contributed by atoms with van der Waals surface area (Å²) in [6, 6.07) is 12.5. The molecule has 2 rings (SSSR count). The number of nitrogens with zero attached hydrogens (tertiary/aromatic N) is 1. The zero-order chi connectivity index (χ0) is 22.7. The van der Waals surface area contributed by atoms with E-state index in [1.165, 1.54) is 49.9 Å². The third-order valence-electron chi connectivity index (χ3n) is 4.92. The lowest BCUT2D eigenvalue weighted by Crippen LogP contribution is -2.30. The number of hydrogen-bond donors (Lipinski definition) is 0. The van der Waals surface area contributed by atoms with E-state index in [9.17, 15) is 13.2 Å². The van der Waals surface area contributed by atoms with Gasteiger partial charge in [-0.05, 0) is 69.3 Å². The Hall–Kier alpha value is -2.38. The van der Waals surface area contributed by atoms with E-state index in [1.54, 1.807) is 24.3 Å². The van der Waals surface area contributed by atoms with Crippen LogP contribution in [0.5, 0.6) is 5.75 Å². The lowest BCUT2D eigenvalue weighted by Gasteiger charge is -2.22. The largest absolute Gasteiger partial charge is 0.492 e. The minimum absolute atomic E-state index is 0.0536. The van der Waals surface area contributed by atoms with Crippen LogP contribution in [-0.4, -0.2) is 45.5 Å². The average molecular weight is 448 g/mol. The maximum Gasteiger partial charge on any atom is 0.354 e. The number of carbonyl (C=O) groups excluding carboxylic acids is 1. The summed E-state index contributed by atoms with van der Waals surface area (Å²) in [5, 5.41) is 0. The summed E-state index contributed by atoms with van der Waals surface area (Å²) in [5.41, 5.74) is 1.07. The molecule has 0 atom stereocenters. The fraction of sp³-hybridized carbons (Fsp3) is 0.458. The predicted molar refractivity (Wildman–Crippen MR) is 122 cm³/mol. The highest BCUT2D eigenvalue weighted by molar-refractivity contribution is 7.87. The highest BCUT2D eigenvalue weighted by Crippen LogP contribution is 2.18. The van der Waals surface area contributed by atoms with Crippen molar-refractivity contribution in [3.63, 3.8) is 0 Å². The third kappa shape index (κ3) is 8.34. The number of carbonyl (C=O) groups is 1. The summed E-state index contributed by atoms with van der Waals surface area (Å²) < 4.78 is 35.1. The zero-order valence-corrected chi connectivity index (χ0v) is 19.5. The predicted octanol–water partition coefficient (Wildman–Crippen LogP) is 4.82. The zero-order valence-electron chi connectivity index (χ0n) is 18.7. The molecule has 0 aliphatic rings. The molecule has 0 radical (unpaired) electrons. The van der Waals surface area contributed by atoms with Gasteiger partial charge in [0.25, 0.3) is 0 Å². The van der Waals surface area contributed by atoms with Crippen LogP contribution in [0.15, 0.2) is 53.4 Å². The molecular formula is C24H33NO5S. The van der Waals surface area contributed by atoms with Crippen LogP contribution in [0.25, 0.3) is 0 Å². The Balaban J connectivity index is 1.89. The molecule has 31 heavy (non-hydrogen) atoms. The van der Waals surface area contributed by atoms with Gasteiger partial charge in [0.15, 0.2) is 0 Å². The van der Waals surface area contributed by atoms with Gasteiger partial charge in [0.05, 0.1) is 5.56 Å². The molecule has 0 bridgehead atoms. The molecular weight excluding hydrogens is 414 g/mol. The number of benzene rings is 2. The van der Waals surface area contributed by atoms with E-state index in [2.05, 4.69) is 18.7 Å². The molecule has 170 valence electrons. The lowest BCUT2D eigenvalue weighted by molar-refractivity contribution is 0.0746. The second-order valence-electron chi connectivity index (χ2n) is 7.56. The maximum atomic E-state index is 12.3. The fourth-order valence-corrected chi connectivity index (χ4v) is 3.84. The maximum absolute atomic E-state index is 12.3. The first kappa shape index (κ1) is 24.9. The summed E-state index contributed by atoms with van der Waals surface area (Å²) in [6.07, 6.45) is 4.68. The molecule has 0 aliphatic carbocycles. The van der Waals surface area contributed by atoms with Crippen molar-refractivity contribution in [2.75, 3.05) is 26.2 Å². The minimum Gasteiger partial charge on any atom is -0.492 e. The van der Waals surface area contributed by atoms with Crippen LogP contribution in [0.3, 0.4) is 0 Å². The number of aryl methyl sites for hydroxylation is 1. The van der Waals surface area contributed by atoms with Gasteiger partial charge in [-0.15, -0.1) is 0 Å². The number of hydrogen-bond acceptors (Lipinski definition) is 6. The van der Waals surface area contributed by atoms with Crippen molar-refractivity contribution in [3.8, 4) is 5.75 Å². The van der Waals surface area contributed by atoms with E-state index in [4.69, 9.17) is 8.92 Å². The van der Waals surface area contributed by atoms with Gasteiger partial charge in [0.2, 0.25) is 0 Å². The van der Waals surface area contributed by atoms with Crippen LogP contribution >= 0.6 is 0 Å². The average Bonchev–Trinajstić information content (AvgIpc) is 2.75. The molecule has 0 fully saturated rings. The van der Waals surface area contributed by atoms with Crippen molar-refractivity contribution < 1.29 is 22.1 Å². The Morgan fingerprint density at radius 2 is 1.45 bits per heavy atom. The molecule has 0 saturated carbocycles. The Kier molecular flexibility index (Phi) is 10.0. The SMILES string of the molecule is CCCCN(CCCC)CCOc1ccc(C(=O)OS(=O)(=O)c2ccc(C)cc2)cc1. The van der Waals surface area contributed by atoms with E-state index in [0.717, 1.165) is 25.2 Å². The Labute approximate surface area is 186 Å². The molecule has 0 saturated heterocycles. The molecule has 0 spiro atoms. The van der Waals surface area contributed by atoms with Crippen LogP contribution in [-0.2, 0) is 14.3 Å². The van der Waals surface area contributed by atoms with Gasteiger partial charge in [-0.25, -0.2) is 4.79 Å². The number of unbranched alkanes of at least 4 members (excludes halogenated alkanes) is 2. The monoisotopic (exact) mass is 447 g/mol. The second-order valence-corrected chi connectivity index (χ2v) is 9.11. The van der Waals surface area contributed by atoms with Gasteiger partial charge in [0, 0.05) is 6.54 Å². The Morgan fingerprint density at radius 1 is 0.871 bits per heavy atom. The molecule has 0 N–H and O–H groups in total. The van der Waals surface area contributed by atoms with E-state index in [0.29, 0.717) is 12.4 Å². The van der Waals surface area contributed by atoms with Crippen molar-refractivity contribution in [2.45, 2.75) is 51.3 Å². The van der Waals surface area contributed by atoms with Gasteiger partial charge in [0.1, 0.15) is 17.3 Å². The summed E-state index contributed by atoms with van der Waals surface area (Å²) in [6.45, 7) is 9.76. The minimum atomic E-state index is -4.16. The van der Waals surface area contributed by atoms with Gasteiger partial charge in [-0.1, -0.05) is 44.4 Å². The van der Waals surface area contributed by atoms with Crippen LogP contribution < -0.4 is 4.74 Å². The molecule has 7 heteroatoms. The lowest BCUT2D eigenvalue weighted by atomic mass is 10.2. The molecule has 2 aromatic carbocycles. The molecule has 0 amide bonds. The summed E-state index contributed by atoms with van der Waals surface area (Å²) in [7, 11) is -4.16. The van der Waals surface area contributed by atoms with E-state index >= 15 is 0 Å². The van der Waals surface area contributed by atoms with Gasteiger partial charge < -0.3 is 8.92 Å². The third-order valence-corrected chi connectivity index (χ3v) is 6.14. The van der Waals surface area contributed by atoms with Crippen molar-refractivity contribution in [1.29, 1.82) is 0 Å². The van der Waals surface area contributed by atoms with Crippen LogP contribution in [0.4, 0.5) is 0 Å². The molecule has 0 aromatic heterocycles. The molecule has 6 nitrogen and oxygen atoms in total. The van der Waals surface area contributed by atoms with Crippen molar-refractivity contribution in [1.82, 2.24) is 4.90 Å². The van der Waals surface area contributed by atoms with Gasteiger partial charge >= 0.3 is 16.1 Å². The first-order valence-electron chi connectivity index (χ1n) is 10.9. The topological polar surface area (TPSA) is 72.9 Å². The number of ether oxygens (including phenoxy) is 1. The molecule has 0 heterocycles.